The van der Waals surface area contributed by atoms with Crippen molar-refractivity contribution in [2.75, 3.05) is 6.54 Å². The van der Waals surface area contributed by atoms with Gasteiger partial charge in [0.15, 0.2) is 4.60 Å². The van der Waals surface area contributed by atoms with E-state index in [9.17, 15) is 0 Å². The minimum Gasteiger partial charge on any atom is -0.314 e. The fraction of sp³-hybridized carbons (Fsp3) is 0.818. The van der Waals surface area contributed by atoms with E-state index in [0.717, 1.165) is 23.5 Å². The van der Waals surface area contributed by atoms with Crippen LogP contribution in [0.25, 0.3) is 0 Å². The summed E-state index contributed by atoms with van der Waals surface area (Å²) in [4.78, 5) is 0. The summed E-state index contributed by atoms with van der Waals surface area (Å²) >= 11 is 3.44. The molecular formula is C11H19BrN4. The van der Waals surface area contributed by atoms with Crippen molar-refractivity contribution in [1.82, 2.24) is 20.3 Å². The molecule has 16 heavy (non-hydrogen) atoms. The largest absolute Gasteiger partial charge is 0.314 e. The molecule has 1 unspecified atom stereocenters. The molecule has 0 aromatic carbocycles. The molecule has 1 aliphatic rings. The summed E-state index contributed by atoms with van der Waals surface area (Å²) in [5.41, 5.74) is 1.20. The third kappa shape index (κ3) is 2.83. The molecule has 0 saturated heterocycles. The Hall–Kier alpha value is -0.420. The number of aryl methyl sites for hydroxylation is 1. The second-order valence-electron chi connectivity index (χ2n) is 4.49. The molecule has 1 aliphatic carbocycles. The minimum atomic E-state index is 0.673. The summed E-state index contributed by atoms with van der Waals surface area (Å²) in [6, 6.07) is 0.673. The number of aromatic nitrogens is 3. The van der Waals surface area contributed by atoms with Gasteiger partial charge in [-0.1, -0.05) is 12.1 Å². The molecule has 0 aliphatic heterocycles. The van der Waals surface area contributed by atoms with Crippen molar-refractivity contribution in [1.29, 1.82) is 0 Å². The van der Waals surface area contributed by atoms with Gasteiger partial charge in [0.25, 0.3) is 0 Å². The zero-order valence-corrected chi connectivity index (χ0v) is 11.5. The van der Waals surface area contributed by atoms with Gasteiger partial charge in [-0.25, -0.2) is 0 Å². The van der Waals surface area contributed by atoms with Crippen LogP contribution in [0.3, 0.4) is 0 Å². The molecule has 1 N–H and O–H groups in total. The Balaban J connectivity index is 1.89. The molecule has 0 bridgehead atoms. The van der Waals surface area contributed by atoms with E-state index < -0.39 is 0 Å². The molecule has 90 valence electrons. The van der Waals surface area contributed by atoms with Crippen molar-refractivity contribution in [2.24, 2.45) is 13.0 Å². The number of nitrogens with zero attached hydrogens (tertiary/aromatic N) is 3. The normalized spacial score (nSPS) is 17.7. The first kappa shape index (κ1) is 12.0. The Labute approximate surface area is 105 Å². The zero-order valence-electron chi connectivity index (χ0n) is 9.91. The molecule has 0 radical (unpaired) electrons. The van der Waals surface area contributed by atoms with E-state index in [2.05, 4.69) is 38.5 Å². The molecule has 0 spiro atoms. The summed E-state index contributed by atoms with van der Waals surface area (Å²) in [6.07, 6.45) is 5.00. The maximum atomic E-state index is 4.01. The van der Waals surface area contributed by atoms with Gasteiger partial charge in [0.2, 0.25) is 0 Å². The number of nitrogens with one attached hydrogen (secondary N) is 1. The Morgan fingerprint density at radius 3 is 2.81 bits per heavy atom. The Morgan fingerprint density at radius 1 is 1.56 bits per heavy atom. The molecule has 1 fully saturated rings. The number of hydrogen-bond acceptors (Lipinski definition) is 3. The van der Waals surface area contributed by atoms with Crippen molar-refractivity contribution in [3.63, 3.8) is 0 Å². The summed E-state index contributed by atoms with van der Waals surface area (Å²) in [5.74, 6) is 0.903. The van der Waals surface area contributed by atoms with Crippen LogP contribution in [-0.2, 0) is 13.5 Å². The lowest BCUT2D eigenvalue weighted by atomic mass is 10.1. The van der Waals surface area contributed by atoms with E-state index in [0.29, 0.717) is 6.04 Å². The Kier molecular flexibility index (Phi) is 3.97. The minimum absolute atomic E-state index is 0.673. The fourth-order valence-corrected chi connectivity index (χ4v) is 2.70. The highest BCUT2D eigenvalue weighted by molar-refractivity contribution is 9.10. The Bertz CT molecular complexity index is 326. The average Bonchev–Trinajstić information content (AvgIpc) is 3.04. The van der Waals surface area contributed by atoms with Crippen molar-refractivity contribution in [3.05, 3.63) is 10.3 Å². The quantitative estimate of drug-likeness (QED) is 0.869. The van der Waals surface area contributed by atoms with Crippen molar-refractivity contribution >= 4 is 15.9 Å². The highest BCUT2D eigenvalue weighted by Crippen LogP contribution is 2.34. The van der Waals surface area contributed by atoms with Crippen molar-refractivity contribution in [2.45, 2.75) is 38.6 Å². The number of hydrogen-bond donors (Lipinski definition) is 1. The maximum absolute atomic E-state index is 4.01. The first-order chi connectivity index (χ1) is 7.72. The fourth-order valence-electron chi connectivity index (χ4n) is 2.17. The molecule has 1 saturated carbocycles. The van der Waals surface area contributed by atoms with E-state index in [1.807, 2.05) is 11.7 Å². The molecular weight excluding hydrogens is 268 g/mol. The van der Waals surface area contributed by atoms with Crippen LogP contribution in [0.2, 0.25) is 0 Å². The van der Waals surface area contributed by atoms with Crippen LogP contribution < -0.4 is 5.32 Å². The lowest BCUT2D eigenvalue weighted by Gasteiger charge is -2.16. The first-order valence-corrected chi connectivity index (χ1v) is 6.79. The van der Waals surface area contributed by atoms with Gasteiger partial charge in [0.05, 0.1) is 5.69 Å². The second-order valence-corrected chi connectivity index (χ2v) is 5.24. The van der Waals surface area contributed by atoms with Gasteiger partial charge in [0, 0.05) is 13.1 Å². The maximum Gasteiger partial charge on any atom is 0.151 e. The predicted octanol–water partition coefficient (Wildman–Crippen LogP) is 1.90. The predicted molar refractivity (Wildman–Crippen MR) is 67.2 cm³/mol. The highest BCUT2D eigenvalue weighted by Gasteiger charge is 2.30. The summed E-state index contributed by atoms with van der Waals surface area (Å²) < 4.78 is 2.75. The summed E-state index contributed by atoms with van der Waals surface area (Å²) in [5, 5.41) is 11.6. The van der Waals surface area contributed by atoms with E-state index in [4.69, 9.17) is 0 Å². The van der Waals surface area contributed by atoms with Gasteiger partial charge in [-0.05, 0) is 54.1 Å². The van der Waals surface area contributed by atoms with Crippen LogP contribution in [0.4, 0.5) is 0 Å². The van der Waals surface area contributed by atoms with Gasteiger partial charge in [-0.15, -0.1) is 5.10 Å². The SMILES string of the molecule is CCNC(CCc1c(Br)nnn1C)C1CC1. The molecule has 2 rings (SSSR count). The third-order valence-corrected chi connectivity index (χ3v) is 3.86. The first-order valence-electron chi connectivity index (χ1n) is 5.99. The van der Waals surface area contributed by atoms with E-state index in [1.165, 1.54) is 25.0 Å². The average molecular weight is 287 g/mol. The smallest absolute Gasteiger partial charge is 0.151 e. The zero-order chi connectivity index (χ0) is 11.5. The van der Waals surface area contributed by atoms with Gasteiger partial charge < -0.3 is 5.32 Å². The van der Waals surface area contributed by atoms with Gasteiger partial charge in [-0.2, -0.15) is 0 Å². The van der Waals surface area contributed by atoms with E-state index in [1.54, 1.807) is 0 Å². The summed E-state index contributed by atoms with van der Waals surface area (Å²) in [7, 11) is 1.95. The molecule has 5 heteroatoms. The van der Waals surface area contributed by atoms with Crippen LogP contribution in [0.15, 0.2) is 4.60 Å². The van der Waals surface area contributed by atoms with Crippen LogP contribution in [0.5, 0.6) is 0 Å². The van der Waals surface area contributed by atoms with Crippen molar-refractivity contribution in [3.8, 4) is 0 Å². The molecule has 1 atom stereocenters. The molecule has 1 heterocycles. The van der Waals surface area contributed by atoms with Crippen LogP contribution in [0, 0.1) is 5.92 Å². The highest BCUT2D eigenvalue weighted by atomic mass is 79.9. The van der Waals surface area contributed by atoms with Crippen LogP contribution in [-0.4, -0.2) is 27.6 Å². The van der Waals surface area contributed by atoms with Crippen molar-refractivity contribution < 1.29 is 0 Å². The lowest BCUT2D eigenvalue weighted by Crippen LogP contribution is -2.31. The number of rotatable bonds is 6. The van der Waals surface area contributed by atoms with E-state index >= 15 is 0 Å². The van der Waals surface area contributed by atoms with Gasteiger partial charge >= 0.3 is 0 Å². The molecule has 1 aromatic heterocycles. The number of halogens is 1. The van der Waals surface area contributed by atoms with Gasteiger partial charge in [0.1, 0.15) is 0 Å². The second kappa shape index (κ2) is 5.27. The lowest BCUT2D eigenvalue weighted by molar-refractivity contribution is 0.441. The van der Waals surface area contributed by atoms with Crippen LogP contribution >= 0.6 is 15.9 Å². The van der Waals surface area contributed by atoms with E-state index in [-0.39, 0.29) is 0 Å². The van der Waals surface area contributed by atoms with Gasteiger partial charge in [-0.3, -0.25) is 4.68 Å². The molecule has 4 nitrogen and oxygen atoms in total. The van der Waals surface area contributed by atoms with Crippen LogP contribution in [0.1, 0.15) is 31.9 Å². The standard InChI is InChI=1S/C11H19BrN4/c1-3-13-9(8-4-5-8)6-7-10-11(12)14-15-16(10)2/h8-9,13H,3-7H2,1-2H3. The third-order valence-electron chi connectivity index (χ3n) is 3.24. The molecule has 0 amide bonds. The Morgan fingerprint density at radius 2 is 2.31 bits per heavy atom. The molecule has 1 aromatic rings. The summed E-state index contributed by atoms with van der Waals surface area (Å²) in [6.45, 7) is 3.24. The monoisotopic (exact) mass is 286 g/mol. The topological polar surface area (TPSA) is 42.7 Å².